The molecule has 0 radical (unpaired) electrons. The molecular weight excluding hydrogens is 233 g/mol. The van der Waals surface area contributed by atoms with Crippen molar-refractivity contribution >= 4 is 0 Å². The minimum absolute atomic E-state index is 0. The zero-order valence-electron chi connectivity index (χ0n) is 7.52. The molecule has 0 aliphatic heterocycles. The van der Waals surface area contributed by atoms with Crippen LogP contribution in [0.5, 0.6) is 0 Å². The minimum Gasteiger partial charge on any atom is -0.328 e. The second kappa shape index (κ2) is 9.01. The van der Waals surface area contributed by atoms with Crippen molar-refractivity contribution in [1.82, 2.24) is 0 Å². The first-order valence-corrected chi connectivity index (χ1v) is 4.63. The van der Waals surface area contributed by atoms with Crippen molar-refractivity contribution < 1.29 is 27.3 Å². The molecule has 0 bridgehead atoms. The van der Waals surface area contributed by atoms with E-state index in [0.29, 0.717) is 0 Å². The summed E-state index contributed by atoms with van der Waals surface area (Å²) in [6.45, 7) is 0. The van der Waals surface area contributed by atoms with E-state index < -0.39 is 0 Å². The predicted octanol–water partition coefficient (Wildman–Crippen LogP) is 3.53. The Morgan fingerprint density at radius 3 is 0.909 bits per heavy atom. The van der Waals surface area contributed by atoms with Gasteiger partial charge in [-0.05, 0) is 0 Å². The maximum atomic E-state index is 2.36. The summed E-state index contributed by atoms with van der Waals surface area (Å²) in [5, 5.41) is 0. The van der Waals surface area contributed by atoms with E-state index in [1.165, 1.54) is 51.4 Å². The molecule has 0 heterocycles. The number of hydrogen-bond acceptors (Lipinski definition) is 0. The van der Waals surface area contributed by atoms with E-state index in [2.05, 4.69) is 12.8 Å². The van der Waals surface area contributed by atoms with Gasteiger partial charge in [0.1, 0.15) is 0 Å². The van der Waals surface area contributed by atoms with Crippen LogP contribution in [0.1, 0.15) is 51.4 Å². The molecule has 0 saturated heterocycles. The van der Waals surface area contributed by atoms with Gasteiger partial charge >= 0.3 is 27.3 Å². The summed E-state index contributed by atoms with van der Waals surface area (Å²) in [6, 6.07) is 0. The molecule has 0 N–H and O–H groups in total. The van der Waals surface area contributed by atoms with Gasteiger partial charge in [-0.25, -0.2) is 0 Å². The fourth-order valence-corrected chi connectivity index (χ4v) is 1.44. The average molecular weight is 251 g/mol. The fourth-order valence-electron chi connectivity index (χ4n) is 1.44. The van der Waals surface area contributed by atoms with Crippen LogP contribution in [0.15, 0.2) is 0 Å². The molecule has 0 aromatic carbocycles. The topological polar surface area (TPSA) is 0 Å². The van der Waals surface area contributed by atoms with Gasteiger partial charge in [-0.3, -0.25) is 0 Å². The van der Waals surface area contributed by atoms with Gasteiger partial charge in [-0.15, -0.1) is 0 Å². The third-order valence-electron chi connectivity index (χ3n) is 2.13. The summed E-state index contributed by atoms with van der Waals surface area (Å²) < 4.78 is 0. The van der Waals surface area contributed by atoms with E-state index in [-0.39, 0.29) is 27.3 Å². The van der Waals surface area contributed by atoms with Gasteiger partial charge in [0.25, 0.3) is 0 Å². The van der Waals surface area contributed by atoms with E-state index in [4.69, 9.17) is 0 Å². The molecule has 1 heteroatoms. The monoisotopic (exact) mass is 252 g/mol. The van der Waals surface area contributed by atoms with Crippen LogP contribution in [0.4, 0.5) is 0 Å². The van der Waals surface area contributed by atoms with Crippen LogP contribution in [0.2, 0.25) is 0 Å². The molecule has 2 saturated carbocycles. The normalized spacial score (nSPS) is 21.8. The first-order valence-electron chi connectivity index (χ1n) is 4.63. The van der Waals surface area contributed by atoms with Crippen molar-refractivity contribution in [2.45, 2.75) is 51.4 Å². The summed E-state index contributed by atoms with van der Waals surface area (Å²) in [4.78, 5) is 0. The third kappa shape index (κ3) is 7.29. The van der Waals surface area contributed by atoms with Crippen LogP contribution < -0.4 is 0 Å². The zero-order valence-corrected chi connectivity index (χ0v) is 11.6. The molecule has 0 nitrogen and oxygen atoms in total. The van der Waals surface area contributed by atoms with Crippen molar-refractivity contribution in [3.8, 4) is 0 Å². The summed E-state index contributed by atoms with van der Waals surface area (Å²) in [7, 11) is 0. The molecule has 0 unspecified atom stereocenters. The van der Waals surface area contributed by atoms with Gasteiger partial charge in [0.05, 0.1) is 0 Å². The Kier molecular flexibility index (Phi) is 9.77. The zero-order chi connectivity index (χ0) is 7.07. The Hall–Kier alpha value is 0.922. The fraction of sp³-hybridized carbons (Fsp3) is 0.800. The van der Waals surface area contributed by atoms with Crippen LogP contribution in [0.3, 0.4) is 0 Å². The van der Waals surface area contributed by atoms with Crippen LogP contribution in [0.25, 0.3) is 0 Å². The van der Waals surface area contributed by atoms with Crippen molar-refractivity contribution in [1.29, 1.82) is 0 Å². The third-order valence-corrected chi connectivity index (χ3v) is 2.13. The molecule has 2 aliphatic rings. The Bertz CT molecular complexity index is 38.1. The molecule has 2 rings (SSSR count). The van der Waals surface area contributed by atoms with Crippen LogP contribution >= 0.6 is 0 Å². The number of hydrogen-bond donors (Lipinski definition) is 0. The molecule has 0 atom stereocenters. The maximum Gasteiger partial charge on any atom is 2.00 e. The van der Waals surface area contributed by atoms with Gasteiger partial charge in [-0.1, -0.05) is 25.7 Å². The van der Waals surface area contributed by atoms with Gasteiger partial charge in [-0.2, -0.15) is 25.7 Å². The molecule has 60 valence electrons. The quantitative estimate of drug-likeness (QED) is 0.456. The predicted molar refractivity (Wildman–Crippen MR) is 45.5 cm³/mol. The smallest absolute Gasteiger partial charge is 0.328 e. The second-order valence-electron chi connectivity index (χ2n) is 3.15. The van der Waals surface area contributed by atoms with Gasteiger partial charge in [0.2, 0.25) is 0 Å². The molecule has 2 aliphatic carbocycles. The Labute approximate surface area is 91.3 Å². The van der Waals surface area contributed by atoms with E-state index in [0.717, 1.165) is 0 Å². The minimum atomic E-state index is 0. The van der Waals surface area contributed by atoms with Crippen molar-refractivity contribution in [3.63, 3.8) is 0 Å². The number of rotatable bonds is 0. The summed E-state index contributed by atoms with van der Waals surface area (Å²) in [6.07, 6.45) is 16.0. The first kappa shape index (κ1) is 11.9. The molecule has 0 spiro atoms. The molecule has 2 fully saturated rings. The van der Waals surface area contributed by atoms with E-state index in [9.17, 15) is 0 Å². The first-order chi connectivity index (χ1) is 5.00. The molecule has 0 aromatic rings. The molecule has 0 aromatic heterocycles. The largest absolute Gasteiger partial charge is 2.00 e. The van der Waals surface area contributed by atoms with Crippen molar-refractivity contribution in [2.24, 2.45) is 0 Å². The van der Waals surface area contributed by atoms with E-state index in [1.54, 1.807) is 0 Å². The average Bonchev–Trinajstić information content (AvgIpc) is 2.67. The SMILES string of the molecule is [CH-]1CCCC1.[CH-]1CCCC1.[Cd+2]. The summed E-state index contributed by atoms with van der Waals surface area (Å²) in [5.41, 5.74) is 0. The van der Waals surface area contributed by atoms with Crippen LogP contribution in [-0.2, 0) is 27.3 Å². The Morgan fingerprint density at radius 2 is 0.818 bits per heavy atom. The van der Waals surface area contributed by atoms with Crippen LogP contribution in [0, 0.1) is 12.8 Å². The van der Waals surface area contributed by atoms with Crippen molar-refractivity contribution in [2.75, 3.05) is 0 Å². The molecule has 0 amide bonds. The second-order valence-corrected chi connectivity index (χ2v) is 3.15. The van der Waals surface area contributed by atoms with Crippen molar-refractivity contribution in [3.05, 3.63) is 12.8 Å². The summed E-state index contributed by atoms with van der Waals surface area (Å²) in [5.74, 6) is 0. The van der Waals surface area contributed by atoms with Gasteiger partial charge < -0.3 is 12.8 Å². The Balaban J connectivity index is 0.000000167. The van der Waals surface area contributed by atoms with Gasteiger partial charge in [0, 0.05) is 0 Å². The Morgan fingerprint density at radius 1 is 0.545 bits per heavy atom. The molecular formula is C10H18Cd. The molecule has 11 heavy (non-hydrogen) atoms. The van der Waals surface area contributed by atoms with E-state index in [1.807, 2.05) is 0 Å². The van der Waals surface area contributed by atoms with E-state index >= 15 is 0 Å². The van der Waals surface area contributed by atoms with Gasteiger partial charge in [0.15, 0.2) is 0 Å². The summed E-state index contributed by atoms with van der Waals surface area (Å²) >= 11 is 0. The maximum absolute atomic E-state index is 2.36. The standard InChI is InChI=1S/2C5H9.Cd/c2*1-2-4-5-3-1;/h2*1H,2-5H2;/q2*-1;+2. The van der Waals surface area contributed by atoms with Crippen LogP contribution in [-0.4, -0.2) is 0 Å².